The highest BCUT2D eigenvalue weighted by Gasteiger charge is 2.15. The molecular weight excluding hydrogens is 258 g/mol. The molecule has 98 valence electrons. The molecule has 0 aromatic carbocycles. The fraction of sp³-hybridized carbons (Fsp3) is 0.455. The molecule has 1 atom stereocenters. The van der Waals surface area contributed by atoms with E-state index in [9.17, 15) is 8.78 Å². The second-order valence-corrected chi connectivity index (χ2v) is 4.67. The van der Waals surface area contributed by atoms with Crippen molar-refractivity contribution in [2.75, 3.05) is 0 Å². The van der Waals surface area contributed by atoms with Crippen molar-refractivity contribution in [1.82, 2.24) is 19.9 Å². The van der Waals surface area contributed by atoms with Gasteiger partial charge < -0.3 is 5.32 Å². The van der Waals surface area contributed by atoms with E-state index in [2.05, 4.69) is 15.3 Å². The molecule has 2 rings (SSSR count). The number of hydrogen-bond donors (Lipinski definition) is 1. The van der Waals surface area contributed by atoms with Crippen LogP contribution >= 0.6 is 11.3 Å². The van der Waals surface area contributed by atoms with E-state index in [1.54, 1.807) is 17.5 Å². The third-order valence-electron chi connectivity index (χ3n) is 2.62. The number of alkyl halides is 2. The lowest BCUT2D eigenvalue weighted by molar-refractivity contribution is 0.0664. The standard InChI is InChI=1S/C11H14F2N4S/c1-2-8(10-15-4-6-18-10)16-7-9-14-3-5-17(9)11(12)13/h3-6,8,11,16H,2,7H2,1H3. The van der Waals surface area contributed by atoms with Gasteiger partial charge in [-0.15, -0.1) is 11.3 Å². The Balaban J connectivity index is 2.00. The van der Waals surface area contributed by atoms with Gasteiger partial charge in [-0.2, -0.15) is 8.78 Å². The van der Waals surface area contributed by atoms with Crippen LogP contribution in [0.1, 0.15) is 36.8 Å². The van der Waals surface area contributed by atoms with E-state index in [1.165, 1.54) is 12.4 Å². The number of imidazole rings is 1. The van der Waals surface area contributed by atoms with Crippen LogP contribution in [0.4, 0.5) is 8.78 Å². The smallest absolute Gasteiger partial charge is 0.301 e. The first-order valence-electron chi connectivity index (χ1n) is 5.65. The van der Waals surface area contributed by atoms with Crippen LogP contribution in [0, 0.1) is 0 Å². The van der Waals surface area contributed by atoms with Crippen LogP contribution in [-0.2, 0) is 6.54 Å². The number of hydrogen-bond acceptors (Lipinski definition) is 4. The van der Waals surface area contributed by atoms with Gasteiger partial charge in [0.15, 0.2) is 0 Å². The molecule has 0 aliphatic rings. The van der Waals surface area contributed by atoms with Gasteiger partial charge in [0, 0.05) is 24.0 Å². The van der Waals surface area contributed by atoms with Crippen LogP contribution in [0.2, 0.25) is 0 Å². The first-order chi connectivity index (χ1) is 8.72. The molecular formula is C11H14F2N4S. The highest BCUT2D eigenvalue weighted by atomic mass is 32.1. The summed E-state index contributed by atoms with van der Waals surface area (Å²) < 4.78 is 26.1. The van der Waals surface area contributed by atoms with Crippen molar-refractivity contribution in [2.45, 2.75) is 32.5 Å². The van der Waals surface area contributed by atoms with Gasteiger partial charge in [0.1, 0.15) is 10.8 Å². The molecule has 2 heterocycles. The van der Waals surface area contributed by atoms with Crippen LogP contribution in [0.15, 0.2) is 24.0 Å². The van der Waals surface area contributed by atoms with Gasteiger partial charge in [0.2, 0.25) is 0 Å². The summed E-state index contributed by atoms with van der Waals surface area (Å²) in [5.41, 5.74) is 0. The Labute approximate surface area is 108 Å². The first-order valence-corrected chi connectivity index (χ1v) is 6.53. The molecule has 4 nitrogen and oxygen atoms in total. The van der Waals surface area contributed by atoms with Gasteiger partial charge in [-0.1, -0.05) is 6.92 Å². The summed E-state index contributed by atoms with van der Waals surface area (Å²) in [5, 5.41) is 6.07. The van der Waals surface area contributed by atoms with Gasteiger partial charge in [-0.05, 0) is 6.42 Å². The normalized spacial score (nSPS) is 13.1. The number of nitrogens with zero attached hydrogens (tertiary/aromatic N) is 3. The molecule has 0 radical (unpaired) electrons. The molecule has 2 aromatic heterocycles. The van der Waals surface area contributed by atoms with Crippen molar-refractivity contribution in [3.05, 3.63) is 34.8 Å². The number of rotatable bonds is 6. The van der Waals surface area contributed by atoms with Crippen molar-refractivity contribution in [3.63, 3.8) is 0 Å². The highest BCUT2D eigenvalue weighted by molar-refractivity contribution is 7.09. The first kappa shape index (κ1) is 13.1. The van der Waals surface area contributed by atoms with Crippen molar-refractivity contribution >= 4 is 11.3 Å². The summed E-state index contributed by atoms with van der Waals surface area (Å²) in [5.74, 6) is 0.333. The molecule has 1 N–H and O–H groups in total. The summed E-state index contributed by atoms with van der Waals surface area (Å²) in [6.45, 7) is -0.224. The third kappa shape index (κ3) is 2.91. The molecule has 1 unspecified atom stereocenters. The molecule has 18 heavy (non-hydrogen) atoms. The van der Waals surface area contributed by atoms with E-state index in [-0.39, 0.29) is 6.04 Å². The Hall–Kier alpha value is -1.34. The maximum Gasteiger partial charge on any atom is 0.319 e. The molecule has 0 saturated heterocycles. The van der Waals surface area contributed by atoms with Gasteiger partial charge in [0.05, 0.1) is 12.6 Å². The SMILES string of the molecule is CCC(NCc1nccn1C(F)F)c1nccs1. The topological polar surface area (TPSA) is 42.7 Å². The van der Waals surface area contributed by atoms with Gasteiger partial charge in [0.25, 0.3) is 0 Å². The minimum Gasteiger partial charge on any atom is -0.301 e. The average Bonchev–Trinajstić information content (AvgIpc) is 2.99. The lowest BCUT2D eigenvalue weighted by Gasteiger charge is -2.14. The molecule has 0 bridgehead atoms. The fourth-order valence-electron chi connectivity index (χ4n) is 1.69. The van der Waals surface area contributed by atoms with Crippen LogP contribution in [-0.4, -0.2) is 14.5 Å². The lowest BCUT2D eigenvalue weighted by atomic mass is 10.2. The molecule has 0 saturated carbocycles. The fourth-order valence-corrected chi connectivity index (χ4v) is 2.48. The minimum absolute atomic E-state index is 0.0767. The van der Waals surface area contributed by atoms with Crippen molar-refractivity contribution in [3.8, 4) is 0 Å². The van der Waals surface area contributed by atoms with Crippen molar-refractivity contribution in [1.29, 1.82) is 0 Å². The molecule has 0 spiro atoms. The molecule has 0 aliphatic carbocycles. The van der Waals surface area contributed by atoms with Crippen LogP contribution in [0.25, 0.3) is 0 Å². The number of aromatic nitrogens is 3. The van der Waals surface area contributed by atoms with E-state index in [0.29, 0.717) is 12.4 Å². The van der Waals surface area contributed by atoms with Crippen LogP contribution in [0.5, 0.6) is 0 Å². The molecule has 0 amide bonds. The van der Waals surface area contributed by atoms with Crippen molar-refractivity contribution < 1.29 is 8.78 Å². The largest absolute Gasteiger partial charge is 0.319 e. The predicted octanol–water partition coefficient (Wildman–Crippen LogP) is 2.98. The summed E-state index contributed by atoms with van der Waals surface area (Å²) >= 11 is 1.55. The summed E-state index contributed by atoms with van der Waals surface area (Å²) in [4.78, 5) is 8.15. The second kappa shape index (κ2) is 6.01. The van der Waals surface area contributed by atoms with Gasteiger partial charge in [-0.25, -0.2) is 9.97 Å². The van der Waals surface area contributed by atoms with Crippen LogP contribution < -0.4 is 5.32 Å². The zero-order valence-corrected chi connectivity index (χ0v) is 10.7. The Morgan fingerprint density at radius 3 is 2.83 bits per heavy atom. The molecule has 0 aliphatic heterocycles. The summed E-state index contributed by atoms with van der Waals surface area (Å²) in [6, 6.07) is 0.0767. The average molecular weight is 272 g/mol. The molecule has 7 heteroatoms. The maximum atomic E-state index is 12.6. The Kier molecular flexibility index (Phi) is 4.38. The quantitative estimate of drug-likeness (QED) is 0.879. The van der Waals surface area contributed by atoms with Crippen molar-refractivity contribution in [2.24, 2.45) is 0 Å². The third-order valence-corrected chi connectivity index (χ3v) is 3.51. The minimum atomic E-state index is -2.55. The van der Waals surface area contributed by atoms with Gasteiger partial charge >= 0.3 is 6.55 Å². The van der Waals surface area contributed by atoms with E-state index in [1.807, 2.05) is 12.3 Å². The maximum absolute atomic E-state index is 12.6. The zero-order valence-electron chi connectivity index (χ0n) is 9.88. The summed E-state index contributed by atoms with van der Waals surface area (Å²) in [7, 11) is 0. The summed E-state index contributed by atoms with van der Waals surface area (Å²) in [6.07, 6.45) is 5.26. The Bertz CT molecular complexity index is 469. The second-order valence-electron chi connectivity index (χ2n) is 3.74. The van der Waals surface area contributed by atoms with E-state index in [4.69, 9.17) is 0 Å². The molecule has 2 aromatic rings. The Morgan fingerprint density at radius 1 is 1.39 bits per heavy atom. The Morgan fingerprint density at radius 2 is 2.22 bits per heavy atom. The number of nitrogens with one attached hydrogen (secondary N) is 1. The molecule has 0 fully saturated rings. The lowest BCUT2D eigenvalue weighted by Crippen LogP contribution is -2.22. The predicted molar refractivity (Wildman–Crippen MR) is 65.5 cm³/mol. The monoisotopic (exact) mass is 272 g/mol. The van der Waals surface area contributed by atoms with E-state index < -0.39 is 6.55 Å². The zero-order chi connectivity index (χ0) is 13.0. The van der Waals surface area contributed by atoms with E-state index in [0.717, 1.165) is 16.0 Å². The van der Waals surface area contributed by atoms with Crippen LogP contribution in [0.3, 0.4) is 0 Å². The van der Waals surface area contributed by atoms with Gasteiger partial charge in [-0.3, -0.25) is 4.57 Å². The number of halogens is 2. The van der Waals surface area contributed by atoms with E-state index >= 15 is 0 Å². The highest BCUT2D eigenvalue weighted by Crippen LogP contribution is 2.19. The number of thiazole rings is 1.